The van der Waals surface area contributed by atoms with E-state index >= 15 is 0 Å². The van der Waals surface area contributed by atoms with E-state index in [4.69, 9.17) is 32.7 Å². The predicted octanol–water partition coefficient (Wildman–Crippen LogP) is 6.20. The lowest BCUT2D eigenvalue weighted by Crippen LogP contribution is -2.42. The molecule has 2 N–H and O–H groups in total. The number of hydrogen-bond donors (Lipinski definition) is 2. The fourth-order valence-electron chi connectivity index (χ4n) is 7.10. The van der Waals surface area contributed by atoms with Crippen LogP contribution < -0.4 is 25.4 Å². The average molecular weight is 869 g/mol. The maximum absolute atomic E-state index is 14.3. The van der Waals surface area contributed by atoms with Crippen LogP contribution in [0, 0.1) is 0 Å². The summed E-state index contributed by atoms with van der Waals surface area (Å²) in [4.78, 5) is 55.8. The molecule has 1 aliphatic rings. The number of benzene rings is 4. The number of nitrogens with one attached hydrogen (secondary N) is 2. The number of carbonyl (C=O) groups excluding carboxylic acids is 3. The summed E-state index contributed by atoms with van der Waals surface area (Å²) in [6.45, 7) is 2.21. The molecule has 1 aliphatic heterocycles. The van der Waals surface area contributed by atoms with E-state index in [1.54, 1.807) is 43.5 Å². The minimum absolute atomic E-state index is 0.0775. The molecule has 16 nitrogen and oxygen atoms in total. The van der Waals surface area contributed by atoms with Gasteiger partial charge in [0, 0.05) is 19.7 Å². The summed E-state index contributed by atoms with van der Waals surface area (Å²) in [6.07, 6.45) is -3.70. The minimum atomic E-state index is -4.39. The highest BCUT2D eigenvalue weighted by atomic mass is 31.2. The molecule has 1 saturated heterocycles. The molecule has 0 saturated carbocycles. The highest BCUT2D eigenvalue weighted by molar-refractivity contribution is 7.52. The number of ether oxygens (including phenoxy) is 5. The van der Waals surface area contributed by atoms with Gasteiger partial charge in [0.1, 0.15) is 46.9 Å². The molecule has 1 unspecified atom stereocenters. The van der Waals surface area contributed by atoms with Crippen LogP contribution >= 0.6 is 7.75 Å². The fourth-order valence-corrected chi connectivity index (χ4v) is 8.60. The molecule has 4 aromatic carbocycles. The van der Waals surface area contributed by atoms with Crippen molar-refractivity contribution in [2.45, 2.75) is 62.8 Å². The number of rotatable bonds is 20. The highest BCUT2D eigenvalue weighted by Gasteiger charge is 2.50. The largest absolute Gasteiger partial charge is 0.497 e. The van der Waals surface area contributed by atoms with Crippen molar-refractivity contribution in [2.75, 3.05) is 33.3 Å². The summed E-state index contributed by atoms with van der Waals surface area (Å²) in [5, 5.41) is 6.15. The smallest absolute Gasteiger partial charge is 0.459 e. The summed E-state index contributed by atoms with van der Waals surface area (Å²) in [6, 6.07) is 35.7. The van der Waals surface area contributed by atoms with Gasteiger partial charge in [-0.25, -0.2) is 9.36 Å². The van der Waals surface area contributed by atoms with Gasteiger partial charge in [-0.15, -0.1) is 0 Å². The first-order valence-electron chi connectivity index (χ1n) is 19.7. The maximum atomic E-state index is 14.3. The van der Waals surface area contributed by atoms with Gasteiger partial charge in [-0.3, -0.25) is 18.7 Å². The summed E-state index contributed by atoms with van der Waals surface area (Å²) < 4.78 is 55.4. The number of para-hydroxylation sites is 1. The van der Waals surface area contributed by atoms with Crippen molar-refractivity contribution in [1.29, 1.82) is 0 Å². The quantitative estimate of drug-likeness (QED) is 0.0510. The molecule has 0 amide bonds. The van der Waals surface area contributed by atoms with Gasteiger partial charge in [0.2, 0.25) is 0 Å². The molecule has 6 atom stereocenters. The lowest BCUT2D eigenvalue weighted by Gasteiger charge is -2.37. The molecule has 1 fully saturated rings. The van der Waals surface area contributed by atoms with E-state index in [-0.39, 0.29) is 30.2 Å². The molecule has 0 bridgehead atoms. The van der Waals surface area contributed by atoms with Crippen LogP contribution in [0.25, 0.3) is 0 Å². The first kappa shape index (κ1) is 45.4. The number of methoxy groups -OCH3 is 3. The zero-order valence-corrected chi connectivity index (χ0v) is 35.8. The Kier molecular flexibility index (Phi) is 15.1. The number of nitrogens with zero attached hydrogens (tertiary/aromatic N) is 2. The van der Waals surface area contributed by atoms with E-state index in [0.29, 0.717) is 5.75 Å². The van der Waals surface area contributed by atoms with Crippen LogP contribution in [-0.4, -0.2) is 79.6 Å². The number of carbonyl (C=O) groups is 3. The third kappa shape index (κ3) is 10.6. The van der Waals surface area contributed by atoms with Gasteiger partial charge in [-0.05, 0) is 60.9 Å². The molecule has 2 heterocycles. The molecular formula is C45H49N4O12P. The number of aromatic nitrogens is 2. The zero-order chi connectivity index (χ0) is 44.3. The Morgan fingerprint density at radius 2 is 1.40 bits per heavy atom. The lowest BCUT2D eigenvalue weighted by atomic mass is 9.77. The zero-order valence-electron chi connectivity index (χ0n) is 34.9. The summed E-state index contributed by atoms with van der Waals surface area (Å²) in [5.41, 5.74) is 0.767. The van der Waals surface area contributed by atoms with Gasteiger partial charge in [-0.1, -0.05) is 91.0 Å². The van der Waals surface area contributed by atoms with Crippen molar-refractivity contribution in [2.24, 2.45) is 0 Å². The SMILES string of the molecule is COC(=O)[C@H](C)NP(=O)(OC[C@H]1O[C@@H](n2ccc(NC(c3ccccc3)(c3ccccc3)c3ccc(OC)cc3)nc2=O)[C@H](OC)[C@@H]1OC(=O)CCC(C)=O)Oc1ccccc1. The standard InChI is InChI=1S/C45H49N4O12P/c1-30(50)21-26-39(51)60-40-37(29-58-62(54,48-31(2)43(52)57-5)61-36-19-13-8-14-20-36)59-42(41(40)56-4)49-28-27-38(46-44(49)53)47-45(32-15-9-6-10-16-32,33-17-11-7-12-18-33)34-22-24-35(55-3)25-23-34/h6-20,22-25,27-28,31,37,40-42H,21,26,29H2,1-5H3,(H,48,54)(H,46,47,53)/t31-,37+,40+,41+,42+,62?/m0/s1. The third-order valence-electron chi connectivity index (χ3n) is 10.1. The van der Waals surface area contributed by atoms with Crippen LogP contribution in [0.5, 0.6) is 11.5 Å². The Labute approximate surface area is 359 Å². The summed E-state index contributed by atoms with van der Waals surface area (Å²) in [5.74, 6) is -0.661. The van der Waals surface area contributed by atoms with E-state index in [1.165, 1.54) is 38.8 Å². The Morgan fingerprint density at radius 1 is 0.806 bits per heavy atom. The van der Waals surface area contributed by atoms with Gasteiger partial charge >= 0.3 is 25.4 Å². The number of esters is 2. The Balaban J connectivity index is 1.35. The van der Waals surface area contributed by atoms with Gasteiger partial charge in [0.15, 0.2) is 12.3 Å². The summed E-state index contributed by atoms with van der Waals surface area (Å²) in [7, 11) is -0.275. The van der Waals surface area contributed by atoms with Gasteiger partial charge in [-0.2, -0.15) is 10.1 Å². The van der Waals surface area contributed by atoms with E-state index in [1.807, 2.05) is 84.9 Å². The van der Waals surface area contributed by atoms with Crippen molar-refractivity contribution in [3.63, 3.8) is 0 Å². The number of anilines is 1. The molecule has 62 heavy (non-hydrogen) atoms. The van der Waals surface area contributed by atoms with E-state index in [2.05, 4.69) is 15.4 Å². The first-order chi connectivity index (χ1) is 29.9. The van der Waals surface area contributed by atoms with Crippen LogP contribution in [0.15, 0.2) is 132 Å². The van der Waals surface area contributed by atoms with Gasteiger partial charge in [0.25, 0.3) is 0 Å². The normalized spacial score (nSPS) is 18.8. The van der Waals surface area contributed by atoms with Crippen molar-refractivity contribution in [3.05, 3.63) is 155 Å². The Bertz CT molecular complexity index is 2350. The number of hydrogen-bond acceptors (Lipinski definition) is 14. The number of Topliss-reactive ketones (excluding diaryl/α,β-unsaturated/α-hetero) is 1. The molecule has 0 aliphatic carbocycles. The maximum Gasteiger partial charge on any atom is 0.459 e. The second-order valence-electron chi connectivity index (χ2n) is 14.3. The van der Waals surface area contributed by atoms with E-state index < -0.39 is 68.1 Å². The molecule has 17 heteroatoms. The Morgan fingerprint density at radius 3 is 1.95 bits per heavy atom. The van der Waals surface area contributed by atoms with Crippen molar-refractivity contribution >= 4 is 31.3 Å². The number of ketones is 1. The third-order valence-corrected chi connectivity index (χ3v) is 11.8. The van der Waals surface area contributed by atoms with Crippen LogP contribution in [0.4, 0.5) is 5.82 Å². The van der Waals surface area contributed by atoms with E-state index in [9.17, 15) is 23.7 Å². The van der Waals surface area contributed by atoms with Gasteiger partial charge < -0.3 is 38.3 Å². The average Bonchev–Trinajstić information content (AvgIpc) is 3.63. The monoisotopic (exact) mass is 868 g/mol. The molecule has 1 aromatic heterocycles. The lowest BCUT2D eigenvalue weighted by molar-refractivity contribution is -0.158. The van der Waals surface area contributed by atoms with Crippen LogP contribution in [-0.2, 0) is 48.0 Å². The first-order valence-corrected chi connectivity index (χ1v) is 21.3. The van der Waals surface area contributed by atoms with Crippen molar-refractivity contribution in [1.82, 2.24) is 14.6 Å². The fraction of sp³-hybridized carbons (Fsp3) is 0.311. The van der Waals surface area contributed by atoms with E-state index in [0.717, 1.165) is 16.7 Å². The molecule has 0 radical (unpaired) electrons. The van der Waals surface area contributed by atoms with Crippen molar-refractivity contribution in [3.8, 4) is 11.5 Å². The molecule has 326 valence electrons. The van der Waals surface area contributed by atoms with Crippen LogP contribution in [0.1, 0.15) is 49.6 Å². The topological polar surface area (TPSA) is 192 Å². The molecular weight excluding hydrogens is 819 g/mol. The minimum Gasteiger partial charge on any atom is -0.497 e. The predicted molar refractivity (Wildman–Crippen MR) is 228 cm³/mol. The summed E-state index contributed by atoms with van der Waals surface area (Å²) >= 11 is 0. The van der Waals surface area contributed by atoms with Crippen LogP contribution in [0.3, 0.4) is 0 Å². The Hall–Kier alpha value is -6.16. The van der Waals surface area contributed by atoms with Crippen LogP contribution in [0.2, 0.25) is 0 Å². The molecule has 0 spiro atoms. The van der Waals surface area contributed by atoms with Crippen molar-refractivity contribution < 1.29 is 51.7 Å². The molecule has 5 aromatic rings. The second-order valence-corrected chi connectivity index (χ2v) is 16.0. The van der Waals surface area contributed by atoms with Gasteiger partial charge in [0.05, 0.1) is 27.2 Å². The second kappa shape index (κ2) is 20.6. The molecule has 6 rings (SSSR count). The highest BCUT2D eigenvalue weighted by Crippen LogP contribution is 2.46.